The van der Waals surface area contributed by atoms with Crippen molar-refractivity contribution in [2.75, 3.05) is 18.0 Å². The van der Waals surface area contributed by atoms with Crippen LogP contribution in [0.5, 0.6) is 0 Å². The highest BCUT2D eigenvalue weighted by Gasteiger charge is 2.24. The van der Waals surface area contributed by atoms with Gasteiger partial charge in [0.05, 0.1) is 0 Å². The minimum Gasteiger partial charge on any atom is -0.371 e. The number of hydrogen-bond donors (Lipinski definition) is 3. The summed E-state index contributed by atoms with van der Waals surface area (Å²) < 4.78 is 26.2. The van der Waals surface area contributed by atoms with E-state index >= 15 is 0 Å². The Bertz CT molecular complexity index is 891. The van der Waals surface area contributed by atoms with Gasteiger partial charge in [-0.3, -0.25) is 14.8 Å². The number of benzene rings is 1. The van der Waals surface area contributed by atoms with Gasteiger partial charge in [0, 0.05) is 37.1 Å². The zero-order valence-corrected chi connectivity index (χ0v) is 15.5. The van der Waals surface area contributed by atoms with Crippen LogP contribution in [0, 0.1) is 0 Å². The van der Waals surface area contributed by atoms with E-state index in [1.54, 1.807) is 11.6 Å². The molecule has 0 aliphatic carbocycles. The van der Waals surface area contributed by atoms with Gasteiger partial charge in [0.2, 0.25) is 0 Å². The number of halogens is 2. The van der Waals surface area contributed by atoms with E-state index in [4.69, 9.17) is 5.21 Å². The molecule has 2 heterocycles. The minimum absolute atomic E-state index is 0.136. The maximum Gasteiger partial charge on any atom is 0.333 e. The Labute approximate surface area is 165 Å². The van der Waals surface area contributed by atoms with E-state index in [2.05, 4.69) is 15.3 Å². The normalized spacial score (nSPS) is 15.1. The van der Waals surface area contributed by atoms with E-state index in [1.165, 1.54) is 18.3 Å². The molecule has 3 N–H and O–H groups in total. The molecule has 29 heavy (non-hydrogen) atoms. The number of piperidine rings is 1. The Hall–Kier alpha value is -3.27. The van der Waals surface area contributed by atoms with E-state index in [0.717, 1.165) is 11.3 Å². The number of anilines is 1. The summed E-state index contributed by atoms with van der Waals surface area (Å²) in [6.45, 7) is -1.57. The van der Waals surface area contributed by atoms with Crippen molar-refractivity contribution in [1.82, 2.24) is 20.6 Å². The molecule has 1 aliphatic rings. The highest BCUT2D eigenvalue weighted by molar-refractivity contribution is 5.93. The SMILES string of the molecule is O=C(/C=C/c1ccccc1N1CCC(NC(=O)c2ccnn2C(F)F)CC1)NO. The first-order valence-electron chi connectivity index (χ1n) is 9.08. The molecule has 0 unspecified atom stereocenters. The quantitative estimate of drug-likeness (QED) is 0.389. The van der Waals surface area contributed by atoms with Gasteiger partial charge in [0.25, 0.3) is 11.8 Å². The average Bonchev–Trinajstić information content (AvgIpc) is 3.23. The number of rotatable bonds is 6. The van der Waals surface area contributed by atoms with Crippen LogP contribution in [0.25, 0.3) is 6.08 Å². The number of carbonyl (C=O) groups excluding carboxylic acids is 2. The van der Waals surface area contributed by atoms with Crippen LogP contribution in [0.1, 0.15) is 35.4 Å². The lowest BCUT2D eigenvalue weighted by Crippen LogP contribution is -2.45. The largest absolute Gasteiger partial charge is 0.371 e. The van der Waals surface area contributed by atoms with Crippen molar-refractivity contribution < 1.29 is 23.6 Å². The maximum atomic E-state index is 12.9. The van der Waals surface area contributed by atoms with Crippen LogP contribution in [0.2, 0.25) is 0 Å². The van der Waals surface area contributed by atoms with Crippen LogP contribution in [-0.2, 0) is 4.79 Å². The van der Waals surface area contributed by atoms with Crippen LogP contribution in [0.3, 0.4) is 0 Å². The Morgan fingerprint density at radius 1 is 1.21 bits per heavy atom. The summed E-state index contributed by atoms with van der Waals surface area (Å²) in [5.74, 6) is -1.19. The predicted molar refractivity (Wildman–Crippen MR) is 102 cm³/mol. The molecule has 1 aliphatic heterocycles. The first-order valence-corrected chi connectivity index (χ1v) is 9.08. The van der Waals surface area contributed by atoms with Gasteiger partial charge >= 0.3 is 6.55 Å². The van der Waals surface area contributed by atoms with Gasteiger partial charge in [-0.2, -0.15) is 18.6 Å². The number of aromatic nitrogens is 2. The van der Waals surface area contributed by atoms with Crippen LogP contribution in [0.15, 0.2) is 42.6 Å². The smallest absolute Gasteiger partial charge is 0.333 e. The molecule has 0 radical (unpaired) electrons. The third-order valence-corrected chi connectivity index (χ3v) is 4.72. The summed E-state index contributed by atoms with van der Waals surface area (Å²) >= 11 is 0. The third kappa shape index (κ3) is 4.96. The number of nitrogens with zero attached hydrogens (tertiary/aromatic N) is 3. The molecule has 1 aromatic carbocycles. The number of alkyl halides is 2. The molecule has 0 bridgehead atoms. The molecule has 3 rings (SSSR count). The van der Waals surface area contributed by atoms with E-state index in [1.807, 2.05) is 24.3 Å². The molecule has 2 amide bonds. The van der Waals surface area contributed by atoms with Crippen molar-refractivity contribution >= 4 is 23.6 Å². The number of para-hydroxylation sites is 1. The fraction of sp³-hybridized carbons (Fsp3) is 0.316. The van der Waals surface area contributed by atoms with Gasteiger partial charge in [0.1, 0.15) is 5.69 Å². The molecule has 0 spiro atoms. The summed E-state index contributed by atoms with van der Waals surface area (Å²) in [6.07, 6.45) is 5.30. The number of hydrogen-bond acceptors (Lipinski definition) is 5. The molecule has 1 saturated heterocycles. The monoisotopic (exact) mass is 405 g/mol. The molecule has 1 aromatic heterocycles. The Kier molecular flexibility index (Phi) is 6.55. The van der Waals surface area contributed by atoms with E-state index in [-0.39, 0.29) is 11.7 Å². The van der Waals surface area contributed by atoms with Gasteiger partial charge in [-0.25, -0.2) is 5.48 Å². The Morgan fingerprint density at radius 2 is 1.93 bits per heavy atom. The zero-order chi connectivity index (χ0) is 20.8. The lowest BCUT2D eigenvalue weighted by atomic mass is 10.0. The topological polar surface area (TPSA) is 99.5 Å². The molecular formula is C19H21F2N5O3. The summed E-state index contributed by atoms with van der Waals surface area (Å²) in [5.41, 5.74) is 3.13. The molecule has 10 heteroatoms. The van der Waals surface area contributed by atoms with E-state index < -0.39 is 18.4 Å². The maximum absolute atomic E-state index is 12.9. The van der Waals surface area contributed by atoms with Gasteiger partial charge in [0.15, 0.2) is 0 Å². The summed E-state index contributed by atoms with van der Waals surface area (Å²) in [6, 6.07) is 8.65. The lowest BCUT2D eigenvalue weighted by Gasteiger charge is -2.34. The molecular weight excluding hydrogens is 384 g/mol. The van der Waals surface area contributed by atoms with Gasteiger partial charge < -0.3 is 10.2 Å². The number of amides is 2. The van der Waals surface area contributed by atoms with Gasteiger partial charge in [-0.15, -0.1) is 0 Å². The van der Waals surface area contributed by atoms with Gasteiger partial charge in [-0.1, -0.05) is 18.2 Å². The van der Waals surface area contributed by atoms with E-state index in [0.29, 0.717) is 30.6 Å². The van der Waals surface area contributed by atoms with Crippen molar-refractivity contribution in [1.29, 1.82) is 0 Å². The fourth-order valence-corrected chi connectivity index (χ4v) is 3.29. The van der Waals surface area contributed by atoms with Crippen molar-refractivity contribution in [3.63, 3.8) is 0 Å². The fourth-order valence-electron chi connectivity index (χ4n) is 3.29. The van der Waals surface area contributed by atoms with E-state index in [9.17, 15) is 18.4 Å². The average molecular weight is 405 g/mol. The number of nitrogens with one attached hydrogen (secondary N) is 2. The molecule has 8 nitrogen and oxygen atoms in total. The van der Waals surface area contributed by atoms with Crippen LogP contribution >= 0.6 is 0 Å². The zero-order valence-electron chi connectivity index (χ0n) is 15.5. The molecule has 2 aromatic rings. The predicted octanol–water partition coefficient (Wildman–Crippen LogP) is 2.20. The minimum atomic E-state index is -2.87. The Balaban J connectivity index is 1.61. The second kappa shape index (κ2) is 9.28. The second-order valence-electron chi connectivity index (χ2n) is 6.54. The third-order valence-electron chi connectivity index (χ3n) is 4.72. The van der Waals surface area contributed by atoms with Crippen molar-refractivity contribution in [3.05, 3.63) is 53.9 Å². The van der Waals surface area contributed by atoms with Crippen molar-refractivity contribution in [2.24, 2.45) is 0 Å². The molecule has 154 valence electrons. The highest BCUT2D eigenvalue weighted by Crippen LogP contribution is 2.25. The Morgan fingerprint density at radius 3 is 2.62 bits per heavy atom. The molecule has 1 fully saturated rings. The van der Waals surface area contributed by atoms with Gasteiger partial charge in [-0.05, 0) is 36.6 Å². The van der Waals surface area contributed by atoms with Crippen molar-refractivity contribution in [3.8, 4) is 0 Å². The number of carbonyl (C=O) groups is 2. The summed E-state index contributed by atoms with van der Waals surface area (Å²) in [4.78, 5) is 25.7. The van der Waals surface area contributed by atoms with Crippen LogP contribution in [-0.4, -0.2) is 45.9 Å². The summed E-state index contributed by atoms with van der Waals surface area (Å²) in [5, 5.41) is 14.9. The molecule has 0 saturated carbocycles. The van der Waals surface area contributed by atoms with Crippen LogP contribution < -0.4 is 15.7 Å². The first kappa shape index (κ1) is 20.5. The van der Waals surface area contributed by atoms with Crippen LogP contribution in [0.4, 0.5) is 14.5 Å². The standard InChI is InChI=1S/C19H21F2N5O3/c20-19(21)26-16(7-10-22-26)18(28)23-14-8-11-25(12-9-14)15-4-2-1-3-13(15)5-6-17(27)24-29/h1-7,10,14,19,29H,8-9,11-12H2,(H,23,28)(H,24,27)/b6-5+. The highest BCUT2D eigenvalue weighted by atomic mass is 19.3. The lowest BCUT2D eigenvalue weighted by molar-refractivity contribution is -0.124. The number of hydroxylamine groups is 1. The molecule has 0 atom stereocenters. The summed E-state index contributed by atoms with van der Waals surface area (Å²) in [7, 11) is 0. The van der Waals surface area contributed by atoms with Crippen molar-refractivity contribution in [2.45, 2.75) is 25.4 Å². The second-order valence-corrected chi connectivity index (χ2v) is 6.54. The first-order chi connectivity index (χ1) is 14.0.